The zero-order valence-corrected chi connectivity index (χ0v) is 18.7. The lowest BCUT2D eigenvalue weighted by Gasteiger charge is -2.10. The summed E-state index contributed by atoms with van der Waals surface area (Å²) in [6, 6.07) is 16.0. The predicted molar refractivity (Wildman–Crippen MR) is 124 cm³/mol. The number of hydrogen-bond donors (Lipinski definition) is 0. The fourth-order valence-electron chi connectivity index (χ4n) is 3.65. The van der Waals surface area contributed by atoms with Crippen molar-refractivity contribution in [3.05, 3.63) is 89.9 Å². The van der Waals surface area contributed by atoms with Gasteiger partial charge in [-0.25, -0.2) is 18.7 Å². The summed E-state index contributed by atoms with van der Waals surface area (Å²) in [6.07, 6.45) is 3.24. The van der Waals surface area contributed by atoms with Gasteiger partial charge >= 0.3 is 0 Å². The van der Waals surface area contributed by atoms with Crippen molar-refractivity contribution in [2.75, 3.05) is 14.1 Å². The number of benzene rings is 2. The lowest BCUT2D eigenvalue weighted by atomic mass is 10.1. The maximum atomic E-state index is 14.1. The smallest absolute Gasteiger partial charge is 0.169 e. The van der Waals surface area contributed by atoms with Gasteiger partial charge in [0.2, 0.25) is 0 Å². The molecule has 0 atom stereocenters. The SMILES string of the molecule is CN(C)Cc1ccc(-c2ccc(Cn3cc4nc(-c5cccc(F)c5F)nc-4cn3)nn2)cc1. The van der Waals surface area contributed by atoms with E-state index in [-0.39, 0.29) is 11.4 Å². The highest BCUT2D eigenvalue weighted by Gasteiger charge is 2.18. The minimum Gasteiger partial charge on any atom is -0.305 e. The fourth-order valence-corrected chi connectivity index (χ4v) is 3.65. The van der Waals surface area contributed by atoms with Crippen LogP contribution in [-0.4, -0.2) is 48.9 Å². The summed E-state index contributed by atoms with van der Waals surface area (Å²) in [5, 5.41) is 13.0. The number of hydrogen-bond acceptors (Lipinski definition) is 6. The first kappa shape index (κ1) is 21.7. The van der Waals surface area contributed by atoms with Crippen LogP contribution in [0, 0.1) is 11.6 Å². The lowest BCUT2D eigenvalue weighted by Crippen LogP contribution is -2.10. The Hall–Kier alpha value is -4.11. The molecule has 0 spiro atoms. The maximum absolute atomic E-state index is 14.1. The number of rotatable bonds is 6. The number of imidazole rings is 1. The van der Waals surface area contributed by atoms with Gasteiger partial charge in [-0.1, -0.05) is 30.3 Å². The van der Waals surface area contributed by atoms with Crippen LogP contribution >= 0.6 is 0 Å². The maximum Gasteiger partial charge on any atom is 0.169 e. The topological polar surface area (TPSA) is 72.6 Å². The highest BCUT2D eigenvalue weighted by atomic mass is 19.2. The van der Waals surface area contributed by atoms with Crippen LogP contribution in [0.3, 0.4) is 0 Å². The van der Waals surface area contributed by atoms with E-state index < -0.39 is 11.6 Å². The van der Waals surface area contributed by atoms with Gasteiger partial charge < -0.3 is 4.90 Å². The third-order valence-corrected chi connectivity index (χ3v) is 5.30. The Labute approximate surface area is 195 Å². The fraction of sp³-hybridized carbons (Fsp3) is 0.160. The highest BCUT2D eigenvalue weighted by molar-refractivity contribution is 5.65. The monoisotopic (exact) mass is 457 g/mol. The third-order valence-electron chi connectivity index (χ3n) is 5.30. The average Bonchev–Trinajstić information content (AvgIpc) is 3.25. The molecule has 0 saturated carbocycles. The van der Waals surface area contributed by atoms with Gasteiger partial charge in [0.25, 0.3) is 0 Å². The molecule has 1 aromatic heterocycles. The lowest BCUT2D eigenvalue weighted by molar-refractivity contribution is 0.402. The molecule has 3 aromatic rings. The molecule has 0 saturated heterocycles. The second-order valence-corrected chi connectivity index (χ2v) is 8.23. The van der Waals surface area contributed by atoms with E-state index in [0.717, 1.165) is 29.6 Å². The molecule has 7 nitrogen and oxygen atoms in total. The third kappa shape index (κ3) is 4.51. The van der Waals surface area contributed by atoms with Gasteiger partial charge in [0.1, 0.15) is 11.4 Å². The summed E-state index contributed by atoms with van der Waals surface area (Å²) in [4.78, 5) is 10.7. The van der Waals surface area contributed by atoms with Crippen LogP contribution in [0.4, 0.5) is 8.78 Å². The van der Waals surface area contributed by atoms with Gasteiger partial charge in [0.15, 0.2) is 17.5 Å². The largest absolute Gasteiger partial charge is 0.305 e. The summed E-state index contributed by atoms with van der Waals surface area (Å²) in [7, 11) is 4.08. The van der Waals surface area contributed by atoms with Crippen molar-refractivity contribution in [3.63, 3.8) is 0 Å². The van der Waals surface area contributed by atoms with Gasteiger partial charge in [-0.2, -0.15) is 15.3 Å². The van der Waals surface area contributed by atoms with Crippen molar-refractivity contribution in [2.45, 2.75) is 13.1 Å². The van der Waals surface area contributed by atoms with E-state index in [9.17, 15) is 8.78 Å². The van der Waals surface area contributed by atoms with E-state index in [2.05, 4.69) is 42.3 Å². The van der Waals surface area contributed by atoms with Gasteiger partial charge in [-0.05, 0) is 43.9 Å². The van der Waals surface area contributed by atoms with Gasteiger partial charge in [-0.3, -0.25) is 4.68 Å². The van der Waals surface area contributed by atoms with Crippen molar-refractivity contribution in [3.8, 4) is 34.0 Å². The van der Waals surface area contributed by atoms with Gasteiger partial charge in [-0.15, -0.1) is 0 Å². The zero-order chi connectivity index (χ0) is 23.7. The van der Waals surface area contributed by atoms with E-state index in [1.165, 1.54) is 17.7 Å². The second-order valence-electron chi connectivity index (χ2n) is 8.23. The molecule has 3 heterocycles. The summed E-state index contributed by atoms with van der Waals surface area (Å²) >= 11 is 0. The molecule has 2 aliphatic rings. The zero-order valence-electron chi connectivity index (χ0n) is 18.7. The molecule has 0 amide bonds. The van der Waals surface area contributed by atoms with E-state index in [0.29, 0.717) is 17.9 Å². The highest BCUT2D eigenvalue weighted by Crippen LogP contribution is 2.27. The van der Waals surface area contributed by atoms with Crippen molar-refractivity contribution < 1.29 is 8.78 Å². The van der Waals surface area contributed by atoms with Gasteiger partial charge in [0.05, 0.1) is 35.9 Å². The molecule has 0 radical (unpaired) electrons. The molecular formula is C25H21F2N7. The van der Waals surface area contributed by atoms with Gasteiger partial charge in [0, 0.05) is 12.1 Å². The van der Waals surface area contributed by atoms with Crippen LogP contribution < -0.4 is 0 Å². The first-order chi connectivity index (χ1) is 16.5. The molecule has 34 heavy (non-hydrogen) atoms. The summed E-state index contributed by atoms with van der Waals surface area (Å²) in [5.74, 6) is -1.79. The standard InChI is InChI=1S/C25H21F2N7/c1-33(2)13-16-6-8-17(9-7-16)21-11-10-18(31-32-21)14-34-15-23-22(12-28-34)29-25(30-23)19-4-3-5-20(26)24(19)27/h3-12,15H,13-14H2,1-2H3. The van der Waals surface area contributed by atoms with Crippen molar-refractivity contribution in [1.29, 1.82) is 0 Å². The molecule has 0 bridgehead atoms. The molecule has 2 aliphatic heterocycles. The Morgan fingerprint density at radius 2 is 1.65 bits per heavy atom. The predicted octanol–water partition coefficient (Wildman–Crippen LogP) is 4.29. The summed E-state index contributed by atoms with van der Waals surface area (Å²) in [5.41, 5.74) is 4.77. The number of fused-ring (bicyclic) bond motifs is 1. The molecule has 2 aromatic carbocycles. The Bertz CT molecular complexity index is 1400. The molecule has 170 valence electrons. The Balaban J connectivity index is 1.33. The molecule has 0 aliphatic carbocycles. The molecule has 0 unspecified atom stereocenters. The molecule has 5 rings (SSSR count). The first-order valence-corrected chi connectivity index (χ1v) is 10.7. The van der Waals surface area contributed by atoms with E-state index in [1.54, 1.807) is 17.1 Å². The van der Waals surface area contributed by atoms with Crippen molar-refractivity contribution in [1.82, 2.24) is 34.8 Å². The number of nitrogens with zero attached hydrogens (tertiary/aromatic N) is 7. The molecule has 9 heteroatoms. The second kappa shape index (κ2) is 9.03. The summed E-state index contributed by atoms with van der Waals surface area (Å²) < 4.78 is 29.3. The Kier molecular flexibility index (Phi) is 5.77. The van der Waals surface area contributed by atoms with Crippen LogP contribution in [0.25, 0.3) is 34.0 Å². The summed E-state index contributed by atoms with van der Waals surface area (Å²) in [6.45, 7) is 1.26. The minimum atomic E-state index is -0.971. The van der Waals surface area contributed by atoms with Crippen LogP contribution in [-0.2, 0) is 13.1 Å². The van der Waals surface area contributed by atoms with E-state index in [1.807, 2.05) is 38.4 Å². The van der Waals surface area contributed by atoms with Crippen molar-refractivity contribution >= 4 is 0 Å². The average molecular weight is 457 g/mol. The minimum absolute atomic E-state index is 0.0129. The first-order valence-electron chi connectivity index (χ1n) is 10.7. The Morgan fingerprint density at radius 3 is 2.38 bits per heavy atom. The Morgan fingerprint density at radius 1 is 0.853 bits per heavy atom. The molecule has 0 N–H and O–H groups in total. The van der Waals surface area contributed by atoms with E-state index >= 15 is 0 Å². The van der Waals surface area contributed by atoms with Crippen molar-refractivity contribution in [2.24, 2.45) is 0 Å². The van der Waals surface area contributed by atoms with Crippen LogP contribution in [0.1, 0.15) is 11.3 Å². The quantitative estimate of drug-likeness (QED) is 0.379. The normalized spacial score (nSPS) is 11.4. The van der Waals surface area contributed by atoms with Crippen LogP contribution in [0.2, 0.25) is 0 Å². The van der Waals surface area contributed by atoms with Crippen LogP contribution in [0.5, 0.6) is 0 Å². The number of halogens is 2. The molecule has 0 fully saturated rings. The molecular weight excluding hydrogens is 436 g/mol. The van der Waals surface area contributed by atoms with Crippen LogP contribution in [0.15, 0.2) is 67.0 Å². The van der Waals surface area contributed by atoms with E-state index in [4.69, 9.17) is 0 Å². The number of aromatic nitrogens is 6.